The van der Waals surface area contributed by atoms with Crippen LogP contribution < -0.4 is 10.2 Å². The van der Waals surface area contributed by atoms with Crippen molar-refractivity contribution in [2.45, 2.75) is 6.54 Å². The van der Waals surface area contributed by atoms with Crippen LogP contribution in [0.3, 0.4) is 0 Å². The first-order chi connectivity index (χ1) is 12.2. The molecule has 4 rings (SSSR count). The zero-order valence-electron chi connectivity index (χ0n) is 14.0. The molecule has 7 heteroatoms. The Kier molecular flexibility index (Phi) is 4.07. The summed E-state index contributed by atoms with van der Waals surface area (Å²) in [6.07, 6.45) is 0. The molecular formula is C18H18N6S. The highest BCUT2D eigenvalue weighted by Crippen LogP contribution is 2.24. The van der Waals surface area contributed by atoms with Crippen molar-refractivity contribution in [3.63, 3.8) is 0 Å². The van der Waals surface area contributed by atoms with Gasteiger partial charge in [-0.1, -0.05) is 29.5 Å². The van der Waals surface area contributed by atoms with E-state index in [1.165, 1.54) is 0 Å². The molecule has 0 aliphatic carbocycles. The quantitative estimate of drug-likeness (QED) is 0.597. The summed E-state index contributed by atoms with van der Waals surface area (Å²) in [5.41, 5.74) is 3.23. The fraction of sp³-hybridized carbons (Fsp3) is 0.167. The molecule has 2 aromatic heterocycles. The summed E-state index contributed by atoms with van der Waals surface area (Å²) >= 11 is 1.55. The van der Waals surface area contributed by atoms with Gasteiger partial charge in [0, 0.05) is 31.0 Å². The third-order valence-corrected chi connectivity index (χ3v) is 4.79. The Morgan fingerprint density at radius 2 is 1.76 bits per heavy atom. The predicted molar refractivity (Wildman–Crippen MR) is 102 cm³/mol. The second-order valence-electron chi connectivity index (χ2n) is 5.87. The summed E-state index contributed by atoms with van der Waals surface area (Å²) in [6, 6.07) is 18.3. The number of hydrogen-bond acceptors (Lipinski definition) is 6. The maximum absolute atomic E-state index is 4.66. The molecule has 0 aliphatic heterocycles. The SMILES string of the molecule is CN(C)c1ccc(-c2nnc3sc(CNc4ccccc4)nn23)cc1. The van der Waals surface area contributed by atoms with E-state index >= 15 is 0 Å². The van der Waals surface area contributed by atoms with Crippen LogP contribution >= 0.6 is 11.3 Å². The molecule has 25 heavy (non-hydrogen) atoms. The zero-order chi connectivity index (χ0) is 17.2. The smallest absolute Gasteiger partial charge is 0.235 e. The summed E-state index contributed by atoms with van der Waals surface area (Å²) in [5.74, 6) is 0.766. The first kappa shape index (κ1) is 15.6. The van der Waals surface area contributed by atoms with Crippen molar-refractivity contribution in [1.29, 1.82) is 0 Å². The third kappa shape index (κ3) is 3.18. The standard InChI is InChI=1S/C18H18N6S/c1-23(2)15-10-8-13(9-11-15)17-20-21-18-24(17)22-16(25-18)12-19-14-6-4-3-5-7-14/h3-11,19H,12H2,1-2H3. The van der Waals surface area contributed by atoms with Gasteiger partial charge in [-0.25, -0.2) is 0 Å². The number of hydrogen-bond donors (Lipinski definition) is 1. The molecule has 1 N–H and O–H groups in total. The molecule has 4 aromatic rings. The highest BCUT2D eigenvalue weighted by atomic mass is 32.1. The lowest BCUT2D eigenvalue weighted by Gasteiger charge is -2.12. The zero-order valence-corrected chi connectivity index (χ0v) is 14.9. The van der Waals surface area contributed by atoms with Gasteiger partial charge in [-0.15, -0.1) is 10.2 Å². The van der Waals surface area contributed by atoms with Crippen LogP contribution in [-0.4, -0.2) is 33.9 Å². The maximum Gasteiger partial charge on any atom is 0.235 e. The van der Waals surface area contributed by atoms with Crippen LogP contribution in [0.4, 0.5) is 11.4 Å². The van der Waals surface area contributed by atoms with Crippen molar-refractivity contribution in [2.75, 3.05) is 24.3 Å². The largest absolute Gasteiger partial charge is 0.378 e. The molecule has 0 aliphatic rings. The number of para-hydroxylation sites is 1. The molecule has 0 fully saturated rings. The van der Waals surface area contributed by atoms with Gasteiger partial charge in [-0.2, -0.15) is 9.61 Å². The van der Waals surface area contributed by atoms with Gasteiger partial charge in [0.05, 0.1) is 6.54 Å². The second kappa shape index (κ2) is 6.52. The lowest BCUT2D eigenvalue weighted by atomic mass is 10.2. The van der Waals surface area contributed by atoms with Crippen molar-refractivity contribution in [2.24, 2.45) is 0 Å². The Hall–Kier alpha value is -2.93. The average molecular weight is 350 g/mol. The molecule has 0 bridgehead atoms. The Bertz CT molecular complexity index is 972. The number of aromatic nitrogens is 4. The Morgan fingerprint density at radius 3 is 2.48 bits per heavy atom. The van der Waals surface area contributed by atoms with Crippen molar-refractivity contribution in [3.05, 3.63) is 59.6 Å². The highest BCUT2D eigenvalue weighted by Gasteiger charge is 2.13. The van der Waals surface area contributed by atoms with E-state index in [0.717, 1.165) is 32.7 Å². The molecule has 0 amide bonds. The van der Waals surface area contributed by atoms with E-state index in [2.05, 4.69) is 37.6 Å². The maximum atomic E-state index is 4.66. The van der Waals surface area contributed by atoms with E-state index in [4.69, 9.17) is 0 Å². The van der Waals surface area contributed by atoms with Crippen LogP contribution in [-0.2, 0) is 6.54 Å². The summed E-state index contributed by atoms with van der Waals surface area (Å²) in [4.78, 5) is 2.87. The number of nitrogens with zero attached hydrogens (tertiary/aromatic N) is 5. The van der Waals surface area contributed by atoms with Gasteiger partial charge in [0.25, 0.3) is 0 Å². The Labute approximate surface area is 149 Å². The molecule has 6 nitrogen and oxygen atoms in total. The fourth-order valence-corrected chi connectivity index (χ4v) is 3.32. The minimum Gasteiger partial charge on any atom is -0.378 e. The number of nitrogens with one attached hydrogen (secondary N) is 1. The molecule has 126 valence electrons. The van der Waals surface area contributed by atoms with Crippen molar-refractivity contribution in [3.8, 4) is 11.4 Å². The van der Waals surface area contributed by atoms with Gasteiger partial charge < -0.3 is 10.2 Å². The molecule has 0 saturated carbocycles. The number of benzene rings is 2. The first-order valence-electron chi connectivity index (χ1n) is 7.98. The highest BCUT2D eigenvalue weighted by molar-refractivity contribution is 7.16. The monoisotopic (exact) mass is 350 g/mol. The van der Waals surface area contributed by atoms with Crippen molar-refractivity contribution < 1.29 is 0 Å². The van der Waals surface area contributed by atoms with E-state index in [0.29, 0.717) is 6.54 Å². The van der Waals surface area contributed by atoms with E-state index < -0.39 is 0 Å². The van der Waals surface area contributed by atoms with Crippen LogP contribution in [0.5, 0.6) is 0 Å². The molecule has 2 heterocycles. The minimum absolute atomic E-state index is 0.664. The van der Waals surface area contributed by atoms with Gasteiger partial charge in [-0.3, -0.25) is 0 Å². The number of anilines is 2. The van der Waals surface area contributed by atoms with Gasteiger partial charge >= 0.3 is 0 Å². The van der Waals surface area contributed by atoms with Crippen molar-refractivity contribution in [1.82, 2.24) is 19.8 Å². The van der Waals surface area contributed by atoms with Crippen LogP contribution in [0.25, 0.3) is 16.3 Å². The van der Waals surface area contributed by atoms with Crippen LogP contribution in [0.15, 0.2) is 54.6 Å². The van der Waals surface area contributed by atoms with E-state index in [-0.39, 0.29) is 0 Å². The van der Waals surface area contributed by atoms with Crippen LogP contribution in [0, 0.1) is 0 Å². The molecule has 0 unspecified atom stereocenters. The topological polar surface area (TPSA) is 58.4 Å². The molecule has 0 spiro atoms. The van der Waals surface area contributed by atoms with Gasteiger partial charge in [0.15, 0.2) is 5.82 Å². The summed E-state index contributed by atoms with van der Waals surface area (Å²) in [6.45, 7) is 0.664. The van der Waals surface area contributed by atoms with Crippen LogP contribution in [0.1, 0.15) is 5.01 Å². The molecular weight excluding hydrogens is 332 g/mol. The van der Waals surface area contributed by atoms with Gasteiger partial charge in [0.2, 0.25) is 4.96 Å². The van der Waals surface area contributed by atoms with E-state index in [1.54, 1.807) is 11.3 Å². The van der Waals surface area contributed by atoms with Crippen LogP contribution in [0.2, 0.25) is 0 Å². The Morgan fingerprint density at radius 1 is 1.00 bits per heavy atom. The molecule has 2 aromatic carbocycles. The first-order valence-corrected chi connectivity index (χ1v) is 8.80. The molecule has 0 atom stereocenters. The van der Waals surface area contributed by atoms with Gasteiger partial charge in [0.1, 0.15) is 5.01 Å². The second-order valence-corrected chi connectivity index (χ2v) is 6.92. The fourth-order valence-electron chi connectivity index (χ4n) is 2.55. The minimum atomic E-state index is 0.664. The van der Waals surface area contributed by atoms with E-state index in [1.807, 2.05) is 61.1 Å². The van der Waals surface area contributed by atoms with Gasteiger partial charge in [-0.05, 0) is 36.4 Å². The average Bonchev–Trinajstić information content (AvgIpc) is 3.21. The Balaban J connectivity index is 1.58. The molecule has 0 radical (unpaired) electrons. The van der Waals surface area contributed by atoms with E-state index in [9.17, 15) is 0 Å². The normalized spacial score (nSPS) is 11.0. The lowest BCUT2D eigenvalue weighted by Crippen LogP contribution is -2.08. The van der Waals surface area contributed by atoms with Crippen molar-refractivity contribution >= 4 is 27.7 Å². The summed E-state index contributed by atoms with van der Waals surface area (Å²) in [5, 5.41) is 17.5. The summed E-state index contributed by atoms with van der Waals surface area (Å²) in [7, 11) is 4.05. The predicted octanol–water partition coefficient (Wildman–Crippen LogP) is 3.53. The molecule has 0 saturated heterocycles. The number of rotatable bonds is 5. The number of fused-ring (bicyclic) bond motifs is 1. The third-order valence-electron chi connectivity index (χ3n) is 3.89. The lowest BCUT2D eigenvalue weighted by molar-refractivity contribution is 0.911. The summed E-state index contributed by atoms with van der Waals surface area (Å²) < 4.78 is 1.82.